The Kier molecular flexibility index (Phi) is 4.56. The standard InChI is InChI=1S/C17H24N2O2/c1-21-17-6-5-14(13-20)10-15(17)11-18-8-9-19-7-3-2-4-16(19)12-18/h5-6,10,13,16H,2-4,7-9,11-12H2,1H3. The van der Waals surface area contributed by atoms with E-state index in [0.717, 1.165) is 42.8 Å². The molecule has 0 radical (unpaired) electrons. The molecule has 2 aliphatic heterocycles. The number of ether oxygens (including phenoxy) is 1. The van der Waals surface area contributed by atoms with Gasteiger partial charge in [-0.15, -0.1) is 0 Å². The molecule has 2 fully saturated rings. The maximum Gasteiger partial charge on any atom is 0.150 e. The van der Waals surface area contributed by atoms with Crippen molar-refractivity contribution in [3.8, 4) is 5.75 Å². The molecule has 1 aromatic rings. The van der Waals surface area contributed by atoms with Gasteiger partial charge in [0.2, 0.25) is 0 Å². The maximum atomic E-state index is 11.0. The van der Waals surface area contributed by atoms with Crippen molar-refractivity contribution in [3.05, 3.63) is 29.3 Å². The van der Waals surface area contributed by atoms with Crippen LogP contribution in [0.5, 0.6) is 5.75 Å². The van der Waals surface area contributed by atoms with Crippen molar-refractivity contribution in [2.45, 2.75) is 31.8 Å². The zero-order valence-electron chi connectivity index (χ0n) is 12.8. The molecule has 0 saturated carbocycles. The highest BCUT2D eigenvalue weighted by Gasteiger charge is 2.29. The summed E-state index contributed by atoms with van der Waals surface area (Å²) in [7, 11) is 1.69. The summed E-state index contributed by atoms with van der Waals surface area (Å²) in [6.45, 7) is 5.54. The number of piperazine rings is 1. The number of carbonyl (C=O) groups excluding carboxylic acids is 1. The van der Waals surface area contributed by atoms with Crippen LogP contribution in [0.4, 0.5) is 0 Å². The van der Waals surface area contributed by atoms with Crippen molar-refractivity contribution in [2.24, 2.45) is 0 Å². The van der Waals surface area contributed by atoms with Crippen LogP contribution in [0, 0.1) is 0 Å². The predicted octanol–water partition coefficient (Wildman–Crippen LogP) is 2.18. The van der Waals surface area contributed by atoms with Crippen molar-refractivity contribution in [1.29, 1.82) is 0 Å². The summed E-state index contributed by atoms with van der Waals surface area (Å²) in [5, 5.41) is 0. The summed E-state index contributed by atoms with van der Waals surface area (Å²) in [4.78, 5) is 16.1. The molecule has 1 unspecified atom stereocenters. The number of carbonyl (C=O) groups is 1. The molecule has 0 bridgehead atoms. The van der Waals surface area contributed by atoms with Crippen molar-refractivity contribution in [2.75, 3.05) is 33.3 Å². The number of nitrogens with zero attached hydrogens (tertiary/aromatic N) is 2. The van der Waals surface area contributed by atoms with Crippen LogP contribution in [0.1, 0.15) is 35.2 Å². The van der Waals surface area contributed by atoms with Gasteiger partial charge in [0, 0.05) is 43.3 Å². The molecule has 2 heterocycles. The third-order valence-electron chi connectivity index (χ3n) is 4.76. The average molecular weight is 288 g/mol. The highest BCUT2D eigenvalue weighted by atomic mass is 16.5. The number of piperidine rings is 1. The molecule has 4 heteroatoms. The lowest BCUT2D eigenvalue weighted by molar-refractivity contribution is 0.0453. The second-order valence-corrected chi connectivity index (χ2v) is 6.11. The van der Waals surface area contributed by atoms with Crippen LogP contribution >= 0.6 is 0 Å². The first-order chi connectivity index (χ1) is 10.3. The van der Waals surface area contributed by atoms with E-state index in [1.165, 1.54) is 32.4 Å². The Morgan fingerprint density at radius 3 is 3.00 bits per heavy atom. The second kappa shape index (κ2) is 6.58. The average Bonchev–Trinajstić information content (AvgIpc) is 2.54. The number of fused-ring (bicyclic) bond motifs is 1. The second-order valence-electron chi connectivity index (χ2n) is 6.11. The number of hydrogen-bond acceptors (Lipinski definition) is 4. The summed E-state index contributed by atoms with van der Waals surface area (Å²) in [6.07, 6.45) is 4.94. The van der Waals surface area contributed by atoms with Crippen molar-refractivity contribution >= 4 is 6.29 Å². The topological polar surface area (TPSA) is 32.8 Å². The molecule has 1 atom stereocenters. The van der Waals surface area contributed by atoms with E-state index in [9.17, 15) is 4.79 Å². The molecule has 0 spiro atoms. The smallest absolute Gasteiger partial charge is 0.150 e. The lowest BCUT2D eigenvalue weighted by atomic mass is 9.99. The first-order valence-electron chi connectivity index (χ1n) is 7.88. The molecule has 2 aliphatic rings. The Morgan fingerprint density at radius 1 is 1.29 bits per heavy atom. The Labute approximate surface area is 126 Å². The molecule has 114 valence electrons. The molecule has 3 rings (SSSR count). The Balaban J connectivity index is 1.70. The highest BCUT2D eigenvalue weighted by Crippen LogP contribution is 2.25. The van der Waals surface area contributed by atoms with E-state index in [-0.39, 0.29) is 0 Å². The van der Waals surface area contributed by atoms with Crippen molar-refractivity contribution in [3.63, 3.8) is 0 Å². The molecule has 0 aromatic heterocycles. The molecular formula is C17H24N2O2. The summed E-state index contributed by atoms with van der Waals surface area (Å²) in [5.41, 5.74) is 1.84. The van der Waals surface area contributed by atoms with Crippen molar-refractivity contribution < 1.29 is 9.53 Å². The van der Waals surface area contributed by atoms with Gasteiger partial charge in [-0.05, 0) is 37.6 Å². The minimum Gasteiger partial charge on any atom is -0.496 e. The lowest BCUT2D eigenvalue weighted by Gasteiger charge is -2.44. The van der Waals surface area contributed by atoms with Gasteiger partial charge in [0.1, 0.15) is 12.0 Å². The first-order valence-corrected chi connectivity index (χ1v) is 7.88. The minimum absolute atomic E-state index is 0.716. The first kappa shape index (κ1) is 14.5. The zero-order chi connectivity index (χ0) is 14.7. The normalized spacial score (nSPS) is 23.6. The van der Waals surface area contributed by atoms with Crippen LogP contribution in [0.15, 0.2) is 18.2 Å². The van der Waals surface area contributed by atoms with E-state index in [0.29, 0.717) is 6.04 Å². The molecule has 2 saturated heterocycles. The fraction of sp³-hybridized carbons (Fsp3) is 0.588. The summed E-state index contributed by atoms with van der Waals surface area (Å²) in [6, 6.07) is 6.39. The third kappa shape index (κ3) is 3.27. The molecule has 1 aromatic carbocycles. The van der Waals surface area contributed by atoms with Crippen molar-refractivity contribution in [1.82, 2.24) is 9.80 Å². The van der Waals surface area contributed by atoms with E-state index in [1.54, 1.807) is 7.11 Å². The van der Waals surface area contributed by atoms with Gasteiger partial charge < -0.3 is 4.74 Å². The molecule has 4 nitrogen and oxygen atoms in total. The lowest BCUT2D eigenvalue weighted by Crippen LogP contribution is -2.54. The number of aldehydes is 1. The van der Waals surface area contributed by atoms with Gasteiger partial charge >= 0.3 is 0 Å². The monoisotopic (exact) mass is 288 g/mol. The summed E-state index contributed by atoms with van der Waals surface area (Å²) < 4.78 is 5.44. The Hall–Kier alpha value is -1.39. The zero-order valence-corrected chi connectivity index (χ0v) is 12.8. The highest BCUT2D eigenvalue weighted by molar-refractivity contribution is 5.75. The number of rotatable bonds is 4. The van der Waals surface area contributed by atoms with Gasteiger partial charge in [-0.1, -0.05) is 6.42 Å². The van der Waals surface area contributed by atoms with Crippen LogP contribution < -0.4 is 4.74 Å². The number of hydrogen-bond donors (Lipinski definition) is 0. The number of benzene rings is 1. The molecule has 0 aliphatic carbocycles. The van der Waals surface area contributed by atoms with Gasteiger partial charge in [0.15, 0.2) is 0 Å². The van der Waals surface area contributed by atoms with Crippen LogP contribution in [-0.2, 0) is 6.54 Å². The summed E-state index contributed by atoms with van der Waals surface area (Å²) in [5.74, 6) is 0.881. The van der Waals surface area contributed by atoms with Gasteiger partial charge in [0.25, 0.3) is 0 Å². The van der Waals surface area contributed by atoms with E-state index in [2.05, 4.69) is 9.80 Å². The van der Waals surface area contributed by atoms with Crippen LogP contribution in [0.2, 0.25) is 0 Å². The van der Waals surface area contributed by atoms with Gasteiger partial charge in [-0.2, -0.15) is 0 Å². The summed E-state index contributed by atoms with van der Waals surface area (Å²) >= 11 is 0. The van der Waals surface area contributed by atoms with Gasteiger partial charge in [0.05, 0.1) is 7.11 Å². The van der Waals surface area contributed by atoms with E-state index in [1.807, 2.05) is 18.2 Å². The SMILES string of the molecule is COc1ccc(C=O)cc1CN1CCN2CCCCC2C1. The van der Waals surface area contributed by atoms with Gasteiger partial charge in [-0.25, -0.2) is 0 Å². The quantitative estimate of drug-likeness (QED) is 0.795. The van der Waals surface area contributed by atoms with Crippen LogP contribution in [-0.4, -0.2) is 55.4 Å². The molecule has 0 amide bonds. The molecule has 21 heavy (non-hydrogen) atoms. The predicted molar refractivity (Wildman–Crippen MR) is 82.9 cm³/mol. The van der Waals surface area contributed by atoms with E-state index in [4.69, 9.17) is 4.74 Å². The van der Waals surface area contributed by atoms with Gasteiger partial charge in [-0.3, -0.25) is 14.6 Å². The van der Waals surface area contributed by atoms with E-state index >= 15 is 0 Å². The third-order valence-corrected chi connectivity index (χ3v) is 4.76. The molecule has 0 N–H and O–H groups in total. The van der Waals surface area contributed by atoms with E-state index < -0.39 is 0 Å². The fourth-order valence-corrected chi connectivity index (χ4v) is 3.60. The van der Waals surface area contributed by atoms with Crippen LogP contribution in [0.25, 0.3) is 0 Å². The molecular weight excluding hydrogens is 264 g/mol. The largest absolute Gasteiger partial charge is 0.496 e. The Bertz CT molecular complexity index is 504. The fourth-order valence-electron chi connectivity index (χ4n) is 3.60. The Morgan fingerprint density at radius 2 is 2.19 bits per heavy atom. The number of methoxy groups -OCH3 is 1. The minimum atomic E-state index is 0.716. The maximum absolute atomic E-state index is 11.0. The van der Waals surface area contributed by atoms with Crippen LogP contribution in [0.3, 0.4) is 0 Å².